The molecule has 0 unspecified atom stereocenters. The summed E-state index contributed by atoms with van der Waals surface area (Å²) in [5.74, 6) is -0.710. The Morgan fingerprint density at radius 2 is 0.290 bits per heavy atom. The molecule has 12 aromatic carbocycles. The van der Waals surface area contributed by atoms with Crippen molar-refractivity contribution in [3.63, 3.8) is 0 Å². The first kappa shape index (κ1) is 83.8. The van der Waals surface area contributed by atoms with Crippen LogP contribution in [0, 0.1) is 0 Å². The number of fused-ring (bicyclic) bond motifs is 6. The molecule has 498 valence electrons. The molecule has 0 atom stereocenters. The van der Waals surface area contributed by atoms with Gasteiger partial charge in [-0.3, -0.25) is 0 Å². The van der Waals surface area contributed by atoms with E-state index in [1.54, 1.807) is 72.8 Å². The van der Waals surface area contributed by atoms with Gasteiger partial charge in [0.1, 0.15) is 0 Å². The molecule has 18 rings (SSSR count). The predicted octanol–water partition coefficient (Wildman–Crippen LogP) is 7.21. The van der Waals surface area contributed by atoms with Crippen LogP contribution in [0.3, 0.4) is 0 Å². The summed E-state index contributed by atoms with van der Waals surface area (Å²) in [6.45, 7) is 12.0. The van der Waals surface area contributed by atoms with E-state index in [0.717, 1.165) is 144 Å². The van der Waals surface area contributed by atoms with Gasteiger partial charge < -0.3 is 59.1 Å². The fourth-order valence-electron chi connectivity index (χ4n) is 12.1. The molecular formula is C84H84Na3O12Y. The maximum Gasteiger partial charge on any atom is 3.00 e. The first-order valence-corrected chi connectivity index (χ1v) is 33.9. The normalized spacial score (nSPS) is 14.5. The van der Waals surface area contributed by atoms with Crippen molar-refractivity contribution in [3.8, 4) is 67.9 Å². The van der Waals surface area contributed by atoms with Crippen LogP contribution in [0.2, 0.25) is 0 Å². The molecule has 0 aromatic heterocycles. The van der Waals surface area contributed by atoms with Crippen LogP contribution in [0.4, 0.5) is 0 Å². The van der Waals surface area contributed by atoms with Gasteiger partial charge in [-0.15, -0.1) is 34.5 Å². The molecule has 6 aliphatic rings. The van der Waals surface area contributed by atoms with Crippen molar-refractivity contribution in [2.75, 3.05) is 79.3 Å². The SMILES string of the molecule is C1CCOC1.C1CCOC1.C1CCOC1.C1CCOC1.C1CCOC1.C1CCOC1.[Na+].[Na+].[Na+].[O-]c1ccc2ccccc2c1-c1c([O-])ccc2ccccc12.[O-]c1ccc2ccccc2c1-c1c([O-])ccc2ccccc12.[O-]c1ccc2ccccc2c1-c1c([O-])ccc2ccccc12.[Y+3]. The summed E-state index contributed by atoms with van der Waals surface area (Å²) in [5.41, 5.74) is 3.00. The van der Waals surface area contributed by atoms with Crippen LogP contribution in [0.1, 0.15) is 77.0 Å². The smallest absolute Gasteiger partial charge is 0.872 e. The van der Waals surface area contributed by atoms with Gasteiger partial charge in [0.05, 0.1) is 0 Å². The van der Waals surface area contributed by atoms with Crippen LogP contribution >= 0.6 is 0 Å². The Bertz CT molecular complexity index is 3630. The van der Waals surface area contributed by atoms with Crippen molar-refractivity contribution < 1.29 is 180 Å². The zero-order valence-electron chi connectivity index (χ0n) is 58.2. The number of hydrogen-bond donors (Lipinski definition) is 0. The van der Waals surface area contributed by atoms with Crippen molar-refractivity contribution in [1.29, 1.82) is 0 Å². The Labute approximate surface area is 680 Å². The number of benzene rings is 12. The second-order valence-electron chi connectivity index (χ2n) is 23.9. The Balaban J connectivity index is 0.000000192. The molecule has 12 aromatic rings. The molecule has 6 saturated heterocycles. The summed E-state index contributed by atoms with van der Waals surface area (Å²) >= 11 is 0. The van der Waals surface area contributed by atoms with Crippen molar-refractivity contribution in [1.82, 2.24) is 0 Å². The molecule has 6 fully saturated rings. The largest absolute Gasteiger partial charge is 3.00 e. The summed E-state index contributed by atoms with van der Waals surface area (Å²) in [5, 5.41) is 85.7. The summed E-state index contributed by atoms with van der Waals surface area (Å²) in [6, 6.07) is 66.1. The van der Waals surface area contributed by atoms with Gasteiger partial charge in [0, 0.05) is 79.3 Å². The van der Waals surface area contributed by atoms with Gasteiger partial charge in [0.25, 0.3) is 0 Å². The van der Waals surface area contributed by atoms with Gasteiger partial charge in [-0.05, 0) is 175 Å². The van der Waals surface area contributed by atoms with Crippen LogP contribution < -0.4 is 119 Å². The molecule has 6 aliphatic heterocycles. The monoisotopic (exact) mass is 1440 g/mol. The third-order valence-corrected chi connectivity index (χ3v) is 17.1. The Hall–Kier alpha value is -5.14. The maximum absolute atomic E-state index is 12.5. The standard InChI is InChI=1S/3C20H14O2.6C4H8O.3Na.Y/c3*21-17-11-9-13-5-1-3-7-15(13)19(17)20-16-8-4-2-6-14(16)10-12-18(20)22;6*1-2-4-5-3-1;;;;/h3*1-12,21-22H;6*1-4H2;;;;/q;;;;;;;;;3*+1;+3/p-6. The quantitative estimate of drug-likeness (QED) is 0.162. The second kappa shape index (κ2) is 45.9. The Morgan fingerprint density at radius 3 is 0.400 bits per heavy atom. The molecule has 0 amide bonds. The number of ether oxygens (including phenoxy) is 6. The van der Waals surface area contributed by atoms with E-state index < -0.39 is 0 Å². The van der Waals surface area contributed by atoms with Crippen LogP contribution in [-0.2, 0) is 61.1 Å². The third-order valence-electron chi connectivity index (χ3n) is 17.1. The molecule has 6 heterocycles. The number of hydrogen-bond acceptors (Lipinski definition) is 12. The van der Waals surface area contributed by atoms with Crippen LogP contribution in [-0.4, -0.2) is 79.3 Å². The first-order chi connectivity index (χ1) is 47.3. The van der Waals surface area contributed by atoms with E-state index in [0.29, 0.717) is 33.4 Å². The minimum Gasteiger partial charge on any atom is -0.872 e. The zero-order chi connectivity index (χ0) is 66.5. The molecular weight excluding hydrogens is 1360 g/mol. The van der Waals surface area contributed by atoms with Gasteiger partial charge >= 0.3 is 121 Å². The topological polar surface area (TPSA) is 194 Å². The fraction of sp³-hybridized carbons (Fsp3) is 0.286. The molecule has 0 N–H and O–H groups in total. The predicted molar refractivity (Wildman–Crippen MR) is 378 cm³/mol. The fourth-order valence-corrected chi connectivity index (χ4v) is 12.1. The summed E-state index contributed by atoms with van der Waals surface area (Å²) in [6.07, 6.45) is 15.3. The van der Waals surface area contributed by atoms with Gasteiger partial charge in [-0.1, -0.05) is 218 Å². The van der Waals surface area contributed by atoms with E-state index in [4.69, 9.17) is 28.4 Å². The zero-order valence-corrected chi connectivity index (χ0v) is 67.1. The number of rotatable bonds is 3. The summed E-state index contributed by atoms with van der Waals surface area (Å²) < 4.78 is 29.7. The molecule has 0 bridgehead atoms. The van der Waals surface area contributed by atoms with Crippen LogP contribution in [0.5, 0.6) is 34.5 Å². The van der Waals surface area contributed by atoms with E-state index in [1.165, 1.54) is 77.0 Å². The van der Waals surface area contributed by atoms with Gasteiger partial charge in [-0.25, -0.2) is 0 Å². The minimum atomic E-state index is -0.118. The van der Waals surface area contributed by atoms with Crippen LogP contribution in [0.15, 0.2) is 218 Å². The minimum absolute atomic E-state index is 0. The van der Waals surface area contributed by atoms with Crippen LogP contribution in [0.25, 0.3) is 98.0 Å². The second-order valence-corrected chi connectivity index (χ2v) is 23.9. The molecule has 0 aliphatic carbocycles. The van der Waals surface area contributed by atoms with Crippen molar-refractivity contribution >= 4 is 64.6 Å². The van der Waals surface area contributed by atoms with Gasteiger partial charge in [-0.2, -0.15) is 0 Å². The van der Waals surface area contributed by atoms with Crippen molar-refractivity contribution in [2.24, 2.45) is 0 Å². The molecule has 0 radical (unpaired) electrons. The van der Waals surface area contributed by atoms with Gasteiger partial charge in [0.15, 0.2) is 0 Å². The molecule has 0 spiro atoms. The maximum atomic E-state index is 12.5. The Morgan fingerprint density at radius 1 is 0.170 bits per heavy atom. The third kappa shape index (κ3) is 24.0. The van der Waals surface area contributed by atoms with E-state index >= 15 is 0 Å². The van der Waals surface area contributed by atoms with Crippen molar-refractivity contribution in [2.45, 2.75) is 77.0 Å². The molecule has 12 nitrogen and oxygen atoms in total. The summed E-state index contributed by atoms with van der Waals surface area (Å²) in [7, 11) is 0. The average Bonchev–Trinajstić information content (AvgIpc) is 1.36. The van der Waals surface area contributed by atoms with Crippen molar-refractivity contribution in [3.05, 3.63) is 218 Å². The van der Waals surface area contributed by atoms with E-state index in [2.05, 4.69) is 0 Å². The average molecular weight is 1440 g/mol. The van der Waals surface area contributed by atoms with E-state index in [9.17, 15) is 30.6 Å². The molecule has 16 heteroatoms. The first-order valence-electron chi connectivity index (χ1n) is 33.9. The molecule has 0 saturated carbocycles. The summed E-state index contributed by atoms with van der Waals surface area (Å²) in [4.78, 5) is 0. The molecule has 100 heavy (non-hydrogen) atoms. The van der Waals surface area contributed by atoms with E-state index in [-0.39, 0.29) is 156 Å². The van der Waals surface area contributed by atoms with Gasteiger partial charge in [0.2, 0.25) is 0 Å². The van der Waals surface area contributed by atoms with E-state index in [1.807, 2.05) is 146 Å². The Kier molecular flexibility index (Phi) is 38.4.